The average Bonchev–Trinajstić information content (AvgIpc) is 3.28. The maximum Gasteiger partial charge on any atom is 0.310 e. The minimum absolute atomic E-state index is 0.00738. The van der Waals surface area contributed by atoms with Crippen LogP contribution in [0.2, 0.25) is 0 Å². The van der Waals surface area contributed by atoms with E-state index in [4.69, 9.17) is 28.4 Å². The number of methoxy groups -OCH3 is 1. The summed E-state index contributed by atoms with van der Waals surface area (Å²) in [5, 5.41) is 21.9. The zero-order valence-electron chi connectivity index (χ0n) is 22.2. The van der Waals surface area contributed by atoms with Crippen LogP contribution in [0.3, 0.4) is 0 Å². The van der Waals surface area contributed by atoms with E-state index in [1.807, 2.05) is 6.92 Å². The normalized spacial score (nSPS) is 51.2. The third kappa shape index (κ3) is 3.84. The molecule has 206 valence electrons. The molecule has 0 spiro atoms. The third-order valence-electron chi connectivity index (χ3n) is 10.3. The highest BCUT2D eigenvalue weighted by molar-refractivity contribution is 5.74. The fourth-order valence-corrected chi connectivity index (χ4v) is 7.82. The maximum absolute atomic E-state index is 13.5. The van der Waals surface area contributed by atoms with Gasteiger partial charge in [0.05, 0.1) is 37.1 Å². The standard InChI is InChI=1S/C28H40O9/c1-15-24(29)21(32-4)12-23(35-15)36-18-9-10-26(2)16(11-18)5-7-19-20(26)8-6-17-13-33-27(3)28(17,31)22(14-34-27)37-25(19)30/h5,13,15,18-24,29,31H,6-12,14H2,1-4H3/t15-,18+,19-,20+,21-,22-,23+,24-,26+,27+,28+/m1/s1. The largest absolute Gasteiger partial charge is 0.466 e. The molecule has 11 atom stereocenters. The van der Waals surface area contributed by atoms with E-state index >= 15 is 0 Å². The number of fused-ring (bicyclic) bond motifs is 3. The number of carbonyl (C=O) groups excluding carboxylic acids is 1. The zero-order valence-corrected chi connectivity index (χ0v) is 22.2. The Bertz CT molecular complexity index is 994. The molecule has 1 saturated carbocycles. The van der Waals surface area contributed by atoms with E-state index in [2.05, 4.69) is 13.0 Å². The summed E-state index contributed by atoms with van der Waals surface area (Å²) in [5.41, 5.74) is 0.466. The van der Waals surface area contributed by atoms with Gasteiger partial charge in [-0.15, -0.1) is 0 Å². The molecular formula is C28H40O9. The van der Waals surface area contributed by atoms with Gasteiger partial charge in [-0.05, 0) is 56.8 Å². The first kappa shape index (κ1) is 25.8. The lowest BCUT2D eigenvalue weighted by Crippen LogP contribution is -2.54. The molecule has 4 heterocycles. The van der Waals surface area contributed by atoms with Crippen LogP contribution in [0.15, 0.2) is 23.5 Å². The van der Waals surface area contributed by atoms with Crippen LogP contribution in [0.4, 0.5) is 0 Å². The van der Waals surface area contributed by atoms with Gasteiger partial charge in [-0.2, -0.15) is 0 Å². The molecule has 0 aromatic carbocycles. The highest BCUT2D eigenvalue weighted by Gasteiger charge is 2.68. The van der Waals surface area contributed by atoms with Gasteiger partial charge < -0.3 is 38.6 Å². The summed E-state index contributed by atoms with van der Waals surface area (Å²) in [6.45, 7) is 5.95. The zero-order chi connectivity index (χ0) is 26.2. The number of hydrogen-bond donors (Lipinski definition) is 2. The molecule has 6 rings (SSSR count). The number of ether oxygens (including phenoxy) is 6. The van der Waals surface area contributed by atoms with Crippen LogP contribution in [0.25, 0.3) is 0 Å². The third-order valence-corrected chi connectivity index (χ3v) is 10.3. The van der Waals surface area contributed by atoms with E-state index in [-0.39, 0.29) is 48.1 Å². The van der Waals surface area contributed by atoms with Gasteiger partial charge in [-0.1, -0.05) is 18.6 Å². The van der Waals surface area contributed by atoms with Crippen molar-refractivity contribution < 1.29 is 43.4 Å². The van der Waals surface area contributed by atoms with Gasteiger partial charge in [0.2, 0.25) is 5.79 Å². The summed E-state index contributed by atoms with van der Waals surface area (Å²) < 4.78 is 35.3. The number of allylic oxidation sites excluding steroid dienone is 1. The number of aliphatic hydroxyl groups is 2. The Morgan fingerprint density at radius 1 is 1.19 bits per heavy atom. The average molecular weight is 521 g/mol. The second-order valence-corrected chi connectivity index (χ2v) is 12.1. The monoisotopic (exact) mass is 520 g/mol. The molecule has 0 radical (unpaired) electrons. The predicted molar refractivity (Wildman–Crippen MR) is 130 cm³/mol. The van der Waals surface area contributed by atoms with Crippen molar-refractivity contribution in [3.8, 4) is 0 Å². The second kappa shape index (κ2) is 9.03. The van der Waals surface area contributed by atoms with E-state index in [1.165, 1.54) is 5.57 Å². The van der Waals surface area contributed by atoms with Crippen molar-refractivity contribution >= 4 is 5.97 Å². The van der Waals surface area contributed by atoms with Crippen LogP contribution in [0, 0.1) is 17.3 Å². The van der Waals surface area contributed by atoms with Crippen molar-refractivity contribution in [2.75, 3.05) is 13.7 Å². The Kier molecular flexibility index (Phi) is 6.29. The van der Waals surface area contributed by atoms with E-state index in [1.54, 1.807) is 20.3 Å². The van der Waals surface area contributed by atoms with Gasteiger partial charge >= 0.3 is 5.97 Å². The number of esters is 1. The van der Waals surface area contributed by atoms with Crippen LogP contribution in [0.5, 0.6) is 0 Å². The smallest absolute Gasteiger partial charge is 0.310 e. The van der Waals surface area contributed by atoms with Gasteiger partial charge in [0.25, 0.3) is 0 Å². The molecule has 2 aliphatic carbocycles. The Morgan fingerprint density at radius 3 is 2.78 bits per heavy atom. The Labute approximate surface area is 218 Å². The van der Waals surface area contributed by atoms with Gasteiger partial charge in [-0.3, -0.25) is 4.79 Å². The first-order valence-electron chi connectivity index (χ1n) is 13.7. The van der Waals surface area contributed by atoms with Gasteiger partial charge in [0.1, 0.15) is 6.10 Å². The molecule has 4 aliphatic heterocycles. The second-order valence-electron chi connectivity index (χ2n) is 12.1. The molecule has 0 aromatic heterocycles. The van der Waals surface area contributed by atoms with E-state index in [0.717, 1.165) is 31.3 Å². The van der Waals surface area contributed by atoms with Crippen LogP contribution in [-0.2, 0) is 33.2 Å². The summed E-state index contributed by atoms with van der Waals surface area (Å²) in [6, 6.07) is 0. The highest BCUT2D eigenvalue weighted by Crippen LogP contribution is 2.58. The summed E-state index contributed by atoms with van der Waals surface area (Å²) >= 11 is 0. The first-order valence-corrected chi connectivity index (χ1v) is 13.7. The van der Waals surface area contributed by atoms with Crippen LogP contribution in [0.1, 0.15) is 65.7 Å². The number of carbonyl (C=O) groups is 1. The quantitative estimate of drug-likeness (QED) is 0.428. The van der Waals surface area contributed by atoms with Gasteiger partial charge in [0, 0.05) is 26.0 Å². The molecule has 3 saturated heterocycles. The Balaban J connectivity index is 1.19. The van der Waals surface area contributed by atoms with Crippen molar-refractivity contribution in [3.63, 3.8) is 0 Å². The summed E-state index contributed by atoms with van der Waals surface area (Å²) in [6.07, 6.45) is 6.35. The molecule has 37 heavy (non-hydrogen) atoms. The number of rotatable bonds is 3. The topological polar surface area (TPSA) is 113 Å². The molecule has 2 N–H and O–H groups in total. The highest BCUT2D eigenvalue weighted by atomic mass is 16.7. The van der Waals surface area contributed by atoms with Crippen LogP contribution in [-0.4, -0.2) is 78.1 Å². The molecule has 0 amide bonds. The van der Waals surface area contributed by atoms with Crippen molar-refractivity contribution in [3.05, 3.63) is 23.5 Å². The SMILES string of the molecule is CO[C@@H]1C[C@H](O[C@H]2CC[C@@]3(C)C(=CC[C@H]4C(=O)O[C@@H]5CO[C@]6(C)OC=C(CC[C@@H]43)[C@]56O)C2)O[C@H](C)[C@H]1O. The molecule has 9 heteroatoms. The fraction of sp³-hybridized carbons (Fsp3) is 0.821. The summed E-state index contributed by atoms with van der Waals surface area (Å²) in [7, 11) is 1.60. The Morgan fingerprint density at radius 2 is 2.00 bits per heavy atom. The van der Waals surface area contributed by atoms with E-state index < -0.39 is 29.9 Å². The van der Waals surface area contributed by atoms with E-state index in [9.17, 15) is 15.0 Å². The molecular weight excluding hydrogens is 480 g/mol. The number of aliphatic hydroxyl groups excluding tert-OH is 1. The van der Waals surface area contributed by atoms with Crippen LogP contribution < -0.4 is 0 Å². The lowest BCUT2D eigenvalue weighted by molar-refractivity contribution is -0.265. The maximum atomic E-state index is 13.5. The lowest BCUT2D eigenvalue weighted by atomic mass is 9.55. The fourth-order valence-electron chi connectivity index (χ4n) is 7.82. The van der Waals surface area contributed by atoms with Crippen molar-refractivity contribution in [2.45, 2.75) is 114 Å². The summed E-state index contributed by atoms with van der Waals surface area (Å²) in [5.74, 6) is -1.64. The van der Waals surface area contributed by atoms with E-state index in [0.29, 0.717) is 19.3 Å². The van der Waals surface area contributed by atoms with Crippen molar-refractivity contribution in [1.82, 2.24) is 0 Å². The number of hydrogen-bond acceptors (Lipinski definition) is 9. The minimum atomic E-state index is -1.45. The predicted octanol–water partition coefficient (Wildman–Crippen LogP) is 2.73. The minimum Gasteiger partial charge on any atom is -0.466 e. The van der Waals surface area contributed by atoms with Gasteiger partial charge in [0.15, 0.2) is 18.0 Å². The molecule has 0 unspecified atom stereocenters. The molecule has 6 aliphatic rings. The molecule has 0 bridgehead atoms. The van der Waals surface area contributed by atoms with Crippen molar-refractivity contribution in [2.24, 2.45) is 17.3 Å². The van der Waals surface area contributed by atoms with Crippen LogP contribution >= 0.6 is 0 Å². The van der Waals surface area contributed by atoms with Gasteiger partial charge in [-0.25, -0.2) is 0 Å². The first-order chi connectivity index (χ1) is 17.6. The molecule has 0 aromatic rings. The summed E-state index contributed by atoms with van der Waals surface area (Å²) in [4.78, 5) is 13.5. The Hall–Kier alpha value is -1.49. The molecule has 4 fully saturated rings. The van der Waals surface area contributed by atoms with Crippen molar-refractivity contribution in [1.29, 1.82) is 0 Å². The lowest BCUT2D eigenvalue weighted by Gasteiger charge is -2.50. The molecule has 9 nitrogen and oxygen atoms in total.